The van der Waals surface area contributed by atoms with Crippen LogP contribution in [-0.4, -0.2) is 36.2 Å². The quantitative estimate of drug-likeness (QED) is 0.619. The van der Waals surface area contributed by atoms with E-state index in [0.717, 1.165) is 12.8 Å². The van der Waals surface area contributed by atoms with E-state index < -0.39 is 17.5 Å². The fraction of sp³-hybridized carbons (Fsp3) is 0.846. The first-order valence-corrected chi connectivity index (χ1v) is 6.44. The summed E-state index contributed by atoms with van der Waals surface area (Å²) in [5.41, 5.74) is -0.820. The van der Waals surface area contributed by atoms with Gasteiger partial charge in [0, 0.05) is 13.2 Å². The summed E-state index contributed by atoms with van der Waals surface area (Å²) in [6.45, 7) is 7.96. The smallest absolute Gasteiger partial charge is 0.309 e. The van der Waals surface area contributed by atoms with Gasteiger partial charge >= 0.3 is 5.97 Å². The van der Waals surface area contributed by atoms with Gasteiger partial charge in [-0.3, -0.25) is 9.59 Å². The molecule has 5 nitrogen and oxygen atoms in total. The number of carbonyl (C=O) groups excluding carboxylic acids is 1. The lowest BCUT2D eigenvalue weighted by atomic mass is 9.90. The normalized spacial score (nSPS) is 13.1. The molecule has 0 radical (unpaired) electrons. The lowest BCUT2D eigenvalue weighted by molar-refractivity contribution is -0.147. The number of rotatable bonds is 9. The van der Waals surface area contributed by atoms with E-state index in [9.17, 15) is 9.59 Å². The van der Waals surface area contributed by atoms with Crippen molar-refractivity contribution in [3.63, 3.8) is 0 Å². The maximum absolute atomic E-state index is 11.6. The van der Waals surface area contributed by atoms with Gasteiger partial charge in [-0.1, -0.05) is 13.3 Å². The molecule has 0 aromatic heterocycles. The third-order valence-corrected chi connectivity index (χ3v) is 2.86. The first-order valence-electron chi connectivity index (χ1n) is 6.44. The van der Waals surface area contributed by atoms with Crippen LogP contribution in [0.25, 0.3) is 0 Å². The number of aliphatic carboxylic acids is 1. The van der Waals surface area contributed by atoms with Crippen LogP contribution in [-0.2, 0) is 14.3 Å². The molecule has 2 N–H and O–H groups in total. The van der Waals surface area contributed by atoms with Crippen LogP contribution in [0.5, 0.6) is 0 Å². The second-order valence-corrected chi connectivity index (χ2v) is 5.10. The Balaban J connectivity index is 3.86. The second kappa shape index (κ2) is 8.08. The molecule has 18 heavy (non-hydrogen) atoms. The molecule has 106 valence electrons. The van der Waals surface area contributed by atoms with Crippen LogP contribution >= 0.6 is 0 Å². The highest BCUT2D eigenvalue weighted by Gasteiger charge is 2.26. The van der Waals surface area contributed by atoms with Crippen molar-refractivity contribution in [1.82, 2.24) is 5.32 Å². The average molecular weight is 259 g/mol. The SMILES string of the molecule is CCCCOC(C)C(=O)NCCC(C)(C)C(=O)O. The van der Waals surface area contributed by atoms with Gasteiger partial charge in [-0.25, -0.2) is 0 Å². The standard InChI is InChI=1S/C13H25NO4/c1-5-6-9-18-10(2)11(15)14-8-7-13(3,4)12(16)17/h10H,5-9H2,1-4H3,(H,14,15)(H,16,17). The maximum Gasteiger partial charge on any atom is 0.309 e. The van der Waals surface area contributed by atoms with Gasteiger partial charge in [0.1, 0.15) is 6.10 Å². The Morgan fingerprint density at radius 1 is 1.39 bits per heavy atom. The fourth-order valence-electron chi connectivity index (χ4n) is 1.23. The predicted octanol–water partition coefficient (Wildman–Crippen LogP) is 1.81. The highest BCUT2D eigenvalue weighted by Crippen LogP contribution is 2.19. The number of unbranched alkanes of at least 4 members (excludes halogenated alkanes) is 1. The molecule has 0 aliphatic carbocycles. The van der Waals surface area contributed by atoms with Crippen molar-refractivity contribution in [3.05, 3.63) is 0 Å². The summed E-state index contributed by atoms with van der Waals surface area (Å²) in [5, 5.41) is 11.6. The third-order valence-electron chi connectivity index (χ3n) is 2.86. The van der Waals surface area contributed by atoms with Crippen LogP contribution in [0, 0.1) is 5.41 Å². The Bertz CT molecular complexity index is 276. The van der Waals surface area contributed by atoms with Crippen LogP contribution in [0.4, 0.5) is 0 Å². The molecule has 1 unspecified atom stereocenters. The number of hydrogen-bond acceptors (Lipinski definition) is 3. The average Bonchev–Trinajstić information content (AvgIpc) is 2.28. The molecule has 0 aromatic rings. The van der Waals surface area contributed by atoms with Crippen LogP contribution < -0.4 is 5.32 Å². The van der Waals surface area contributed by atoms with E-state index in [1.807, 2.05) is 0 Å². The van der Waals surface area contributed by atoms with Crippen LogP contribution in [0.15, 0.2) is 0 Å². The molecule has 0 fully saturated rings. The largest absolute Gasteiger partial charge is 0.481 e. The molecule has 0 rings (SSSR count). The number of hydrogen-bond donors (Lipinski definition) is 2. The summed E-state index contributed by atoms with van der Waals surface area (Å²) in [7, 11) is 0. The molecule has 1 amide bonds. The zero-order chi connectivity index (χ0) is 14.2. The van der Waals surface area contributed by atoms with Gasteiger partial charge in [0.15, 0.2) is 0 Å². The molecule has 0 spiro atoms. The molecule has 5 heteroatoms. The van der Waals surface area contributed by atoms with E-state index in [-0.39, 0.29) is 5.91 Å². The Kier molecular flexibility index (Phi) is 7.59. The van der Waals surface area contributed by atoms with Crippen molar-refractivity contribution >= 4 is 11.9 Å². The summed E-state index contributed by atoms with van der Waals surface area (Å²) >= 11 is 0. The molecule has 0 saturated heterocycles. The first-order chi connectivity index (χ1) is 8.31. The molecular weight excluding hydrogens is 234 g/mol. The van der Waals surface area contributed by atoms with Crippen molar-refractivity contribution in [3.8, 4) is 0 Å². The number of amides is 1. The summed E-state index contributed by atoms with van der Waals surface area (Å²) < 4.78 is 5.35. The van der Waals surface area contributed by atoms with Gasteiger partial charge in [-0.15, -0.1) is 0 Å². The predicted molar refractivity (Wildman–Crippen MR) is 69.4 cm³/mol. The zero-order valence-electron chi connectivity index (χ0n) is 11.8. The number of ether oxygens (including phenoxy) is 1. The van der Waals surface area contributed by atoms with Crippen LogP contribution in [0.3, 0.4) is 0 Å². The molecular formula is C13H25NO4. The maximum atomic E-state index is 11.6. The summed E-state index contributed by atoms with van der Waals surface area (Å²) in [4.78, 5) is 22.5. The fourth-order valence-corrected chi connectivity index (χ4v) is 1.23. The molecule has 0 aliphatic heterocycles. The van der Waals surface area contributed by atoms with Crippen LogP contribution in [0.1, 0.15) is 47.0 Å². The summed E-state index contributed by atoms with van der Waals surface area (Å²) in [6, 6.07) is 0. The van der Waals surface area contributed by atoms with Gasteiger partial charge in [-0.2, -0.15) is 0 Å². The highest BCUT2D eigenvalue weighted by molar-refractivity contribution is 5.80. The Morgan fingerprint density at radius 3 is 2.50 bits per heavy atom. The third kappa shape index (κ3) is 6.59. The van der Waals surface area contributed by atoms with E-state index in [1.165, 1.54) is 0 Å². The van der Waals surface area contributed by atoms with Crippen molar-refractivity contribution in [2.45, 2.75) is 53.1 Å². The van der Waals surface area contributed by atoms with Crippen molar-refractivity contribution in [1.29, 1.82) is 0 Å². The molecule has 0 bridgehead atoms. The van der Waals surface area contributed by atoms with E-state index in [1.54, 1.807) is 20.8 Å². The van der Waals surface area contributed by atoms with E-state index >= 15 is 0 Å². The minimum Gasteiger partial charge on any atom is -0.481 e. The minimum absolute atomic E-state index is 0.188. The Hall–Kier alpha value is -1.10. The Morgan fingerprint density at radius 2 is 2.00 bits per heavy atom. The molecule has 0 aliphatic rings. The number of carbonyl (C=O) groups is 2. The summed E-state index contributed by atoms with van der Waals surface area (Å²) in [6.07, 6.45) is 1.88. The van der Waals surface area contributed by atoms with Gasteiger partial charge in [0.25, 0.3) is 0 Å². The first kappa shape index (κ1) is 16.9. The van der Waals surface area contributed by atoms with Gasteiger partial charge < -0.3 is 15.2 Å². The molecule has 0 heterocycles. The van der Waals surface area contributed by atoms with Crippen molar-refractivity contribution < 1.29 is 19.4 Å². The number of nitrogens with one attached hydrogen (secondary N) is 1. The van der Waals surface area contributed by atoms with Gasteiger partial charge in [0.2, 0.25) is 5.91 Å². The summed E-state index contributed by atoms with van der Waals surface area (Å²) in [5.74, 6) is -1.05. The minimum atomic E-state index is -0.857. The van der Waals surface area contributed by atoms with Crippen molar-refractivity contribution in [2.24, 2.45) is 5.41 Å². The van der Waals surface area contributed by atoms with E-state index in [2.05, 4.69) is 12.2 Å². The van der Waals surface area contributed by atoms with Gasteiger partial charge in [-0.05, 0) is 33.6 Å². The molecule has 1 atom stereocenters. The zero-order valence-corrected chi connectivity index (χ0v) is 11.8. The Labute approximate surface area is 109 Å². The highest BCUT2D eigenvalue weighted by atomic mass is 16.5. The number of carboxylic acid groups (broad SMARTS) is 1. The van der Waals surface area contributed by atoms with Crippen molar-refractivity contribution in [2.75, 3.05) is 13.2 Å². The van der Waals surface area contributed by atoms with E-state index in [4.69, 9.17) is 9.84 Å². The van der Waals surface area contributed by atoms with Gasteiger partial charge in [0.05, 0.1) is 5.41 Å². The van der Waals surface area contributed by atoms with Crippen LogP contribution in [0.2, 0.25) is 0 Å². The second-order valence-electron chi connectivity index (χ2n) is 5.10. The monoisotopic (exact) mass is 259 g/mol. The molecule has 0 aromatic carbocycles. The lowest BCUT2D eigenvalue weighted by Crippen LogP contribution is -2.37. The lowest BCUT2D eigenvalue weighted by Gasteiger charge is -2.20. The van der Waals surface area contributed by atoms with E-state index in [0.29, 0.717) is 19.6 Å². The molecule has 0 saturated carbocycles. The number of carboxylic acids is 1. The topological polar surface area (TPSA) is 75.6 Å².